The van der Waals surface area contributed by atoms with Crippen molar-refractivity contribution >= 4 is 29.5 Å². The average molecular weight is 673 g/mol. The number of carbonyl (C=O) groups excluding carboxylic acids is 4. The number of nitro benzene ring substituents is 1. The van der Waals surface area contributed by atoms with Gasteiger partial charge in [0.15, 0.2) is 11.5 Å². The Hall–Kier alpha value is -4.92. The fourth-order valence-electron chi connectivity index (χ4n) is 4.51. The fraction of sp³-hybridized carbons (Fsp3) is 0.515. The van der Waals surface area contributed by atoms with Crippen LogP contribution in [-0.4, -0.2) is 67.2 Å². The molecule has 0 aliphatic rings. The molecule has 15 nitrogen and oxygen atoms in total. The van der Waals surface area contributed by atoms with Gasteiger partial charge in [-0.05, 0) is 51.7 Å². The Morgan fingerprint density at radius 1 is 0.958 bits per heavy atom. The summed E-state index contributed by atoms with van der Waals surface area (Å²) in [7, 11) is 2.92. The number of nitrogens with zero attached hydrogens (tertiary/aromatic N) is 1. The number of hydrogen-bond acceptors (Lipinski definition) is 10. The van der Waals surface area contributed by atoms with Crippen molar-refractivity contribution in [1.82, 2.24) is 26.8 Å². The highest BCUT2D eigenvalue weighted by Crippen LogP contribution is 2.37. The normalized spacial score (nSPS) is 13.0. The van der Waals surface area contributed by atoms with Crippen LogP contribution >= 0.6 is 0 Å². The van der Waals surface area contributed by atoms with Crippen molar-refractivity contribution in [3.63, 3.8) is 0 Å². The number of benzene rings is 2. The minimum atomic E-state index is -1.05. The second-order valence-corrected chi connectivity index (χ2v) is 12.4. The van der Waals surface area contributed by atoms with E-state index in [0.29, 0.717) is 6.42 Å². The van der Waals surface area contributed by atoms with Gasteiger partial charge in [-0.2, -0.15) is 0 Å². The second kappa shape index (κ2) is 18.4. The molecule has 0 aliphatic heterocycles. The first kappa shape index (κ1) is 39.3. The van der Waals surface area contributed by atoms with Gasteiger partial charge in [-0.15, -0.1) is 0 Å². The number of hydrogen-bond donors (Lipinski definition) is 5. The van der Waals surface area contributed by atoms with Gasteiger partial charge in [0.1, 0.15) is 17.7 Å². The maximum atomic E-state index is 13.5. The van der Waals surface area contributed by atoms with Gasteiger partial charge in [0.25, 0.3) is 11.6 Å². The van der Waals surface area contributed by atoms with Crippen LogP contribution in [0.5, 0.6) is 11.5 Å². The highest BCUT2D eigenvalue weighted by Gasteiger charge is 2.31. The Morgan fingerprint density at radius 3 is 2.19 bits per heavy atom. The lowest BCUT2D eigenvalue weighted by molar-refractivity contribution is -0.385. The molecule has 0 heterocycles. The quantitative estimate of drug-likeness (QED) is 0.0942. The molecule has 0 radical (unpaired) electrons. The first-order chi connectivity index (χ1) is 22.6. The Labute approximate surface area is 281 Å². The topological polar surface area (TPSA) is 199 Å². The van der Waals surface area contributed by atoms with E-state index in [1.807, 2.05) is 30.3 Å². The summed E-state index contributed by atoms with van der Waals surface area (Å²) in [6, 6.07) is 8.88. The zero-order chi connectivity index (χ0) is 36.0. The summed E-state index contributed by atoms with van der Waals surface area (Å²) in [5, 5.41) is 19.8. The Bertz CT molecular complexity index is 1410. The van der Waals surface area contributed by atoms with Gasteiger partial charge in [-0.1, -0.05) is 44.2 Å². The van der Waals surface area contributed by atoms with Crippen LogP contribution < -0.4 is 36.3 Å². The van der Waals surface area contributed by atoms with E-state index in [2.05, 4.69) is 26.8 Å². The molecule has 2 rings (SSSR count). The maximum absolute atomic E-state index is 13.5. The third kappa shape index (κ3) is 12.7. The van der Waals surface area contributed by atoms with E-state index in [0.717, 1.165) is 5.56 Å². The van der Waals surface area contributed by atoms with E-state index >= 15 is 0 Å². The Balaban J connectivity index is 2.18. The molecular formula is C33H48N6O9. The lowest BCUT2D eigenvalue weighted by Crippen LogP contribution is -2.58. The molecule has 0 saturated heterocycles. The largest absolute Gasteiger partial charge is 0.493 e. The van der Waals surface area contributed by atoms with Gasteiger partial charge in [-0.25, -0.2) is 10.2 Å². The molecule has 0 bridgehead atoms. The summed E-state index contributed by atoms with van der Waals surface area (Å²) < 4.78 is 16.4. The van der Waals surface area contributed by atoms with Crippen molar-refractivity contribution in [2.24, 2.45) is 5.92 Å². The van der Waals surface area contributed by atoms with Gasteiger partial charge >= 0.3 is 6.09 Å². The van der Waals surface area contributed by atoms with Crippen molar-refractivity contribution in [2.45, 2.75) is 84.5 Å². The van der Waals surface area contributed by atoms with Crippen LogP contribution in [0.2, 0.25) is 0 Å². The highest BCUT2D eigenvalue weighted by molar-refractivity contribution is 5.91. The molecule has 2 aromatic rings. The standard InChI is InChI=1S/C33H48N6O9/c1-20(2)29(36-30(41)24(17-22-13-10-9-11-14-22)35-32(43)48-33(4,5)6)31(42)38-37-21(3)23-18-26(46-8)27(19-25(23)39(44)45)47-16-12-15-28(40)34-7/h9-11,13-14,18-21,24,29,37H,12,15-17H2,1-8H3,(H,34,40)(H,35,43)(H,36,41)(H,38,42)/t21?,24-,29-/m0/s1. The molecule has 2 aromatic carbocycles. The molecule has 264 valence electrons. The third-order valence-corrected chi connectivity index (χ3v) is 7.01. The second-order valence-electron chi connectivity index (χ2n) is 12.4. The molecule has 48 heavy (non-hydrogen) atoms. The minimum Gasteiger partial charge on any atom is -0.493 e. The van der Waals surface area contributed by atoms with Crippen LogP contribution in [0.3, 0.4) is 0 Å². The lowest BCUT2D eigenvalue weighted by Gasteiger charge is -2.27. The Morgan fingerprint density at radius 2 is 1.62 bits per heavy atom. The SMILES string of the molecule is CNC(=O)CCCOc1cc([N+](=O)[O-])c(C(C)NNC(=O)[C@@H](NC(=O)[C@H](Cc2ccccc2)NC(=O)OC(C)(C)C)C(C)C)cc1OC. The van der Waals surface area contributed by atoms with Gasteiger partial charge in [-0.3, -0.25) is 29.9 Å². The van der Waals surface area contributed by atoms with E-state index in [4.69, 9.17) is 14.2 Å². The van der Waals surface area contributed by atoms with E-state index in [1.54, 1.807) is 41.5 Å². The molecular weight excluding hydrogens is 624 g/mol. The van der Waals surface area contributed by atoms with Crippen LogP contribution in [0.1, 0.15) is 71.6 Å². The number of nitro groups is 1. The summed E-state index contributed by atoms with van der Waals surface area (Å²) in [6.45, 7) is 10.3. The van der Waals surface area contributed by atoms with Gasteiger partial charge in [0.05, 0.1) is 36.3 Å². The molecule has 0 saturated carbocycles. The number of carbonyl (C=O) groups is 4. The molecule has 3 atom stereocenters. The maximum Gasteiger partial charge on any atom is 0.408 e. The summed E-state index contributed by atoms with van der Waals surface area (Å²) in [5.41, 5.74) is 5.25. The highest BCUT2D eigenvalue weighted by atomic mass is 16.6. The number of amides is 4. The van der Waals surface area contributed by atoms with E-state index in [-0.39, 0.29) is 54.0 Å². The zero-order valence-electron chi connectivity index (χ0n) is 28.8. The molecule has 15 heteroatoms. The first-order valence-electron chi connectivity index (χ1n) is 15.6. The molecule has 1 unspecified atom stereocenters. The zero-order valence-corrected chi connectivity index (χ0v) is 28.8. The number of rotatable bonds is 17. The van der Waals surface area contributed by atoms with Gasteiger partial charge < -0.3 is 30.2 Å². The average Bonchev–Trinajstić information content (AvgIpc) is 3.02. The van der Waals surface area contributed by atoms with E-state index in [1.165, 1.54) is 26.3 Å². The summed E-state index contributed by atoms with van der Waals surface area (Å²) >= 11 is 0. The predicted molar refractivity (Wildman–Crippen MR) is 178 cm³/mol. The van der Waals surface area contributed by atoms with Crippen molar-refractivity contribution in [1.29, 1.82) is 0 Å². The number of methoxy groups -OCH3 is 1. The predicted octanol–water partition coefficient (Wildman–Crippen LogP) is 3.47. The smallest absolute Gasteiger partial charge is 0.408 e. The summed E-state index contributed by atoms with van der Waals surface area (Å²) in [5.74, 6) is -1.38. The minimum absolute atomic E-state index is 0.131. The van der Waals surface area contributed by atoms with Crippen molar-refractivity contribution in [2.75, 3.05) is 20.8 Å². The van der Waals surface area contributed by atoms with Crippen LogP contribution in [-0.2, 0) is 25.5 Å². The van der Waals surface area contributed by atoms with E-state index < -0.39 is 46.6 Å². The third-order valence-electron chi connectivity index (χ3n) is 7.01. The first-order valence-corrected chi connectivity index (χ1v) is 15.6. The Kier molecular flexibility index (Phi) is 15.1. The van der Waals surface area contributed by atoms with Crippen LogP contribution in [0.25, 0.3) is 0 Å². The van der Waals surface area contributed by atoms with E-state index in [9.17, 15) is 29.3 Å². The number of nitrogens with one attached hydrogen (secondary N) is 5. The molecule has 4 amide bonds. The molecule has 0 aliphatic carbocycles. The van der Waals surface area contributed by atoms with Crippen LogP contribution in [0, 0.1) is 16.0 Å². The van der Waals surface area contributed by atoms with Gasteiger partial charge in [0.2, 0.25) is 11.8 Å². The summed E-state index contributed by atoms with van der Waals surface area (Å²) in [4.78, 5) is 62.3. The van der Waals surface area contributed by atoms with Crippen molar-refractivity contribution in [3.05, 3.63) is 63.7 Å². The van der Waals surface area contributed by atoms with Crippen molar-refractivity contribution in [3.8, 4) is 11.5 Å². The van der Waals surface area contributed by atoms with Crippen LogP contribution in [0.15, 0.2) is 42.5 Å². The number of hydrazine groups is 1. The molecule has 0 aromatic heterocycles. The fourth-order valence-corrected chi connectivity index (χ4v) is 4.51. The van der Waals surface area contributed by atoms with Gasteiger partial charge in [0, 0.05) is 19.9 Å². The monoisotopic (exact) mass is 672 g/mol. The number of ether oxygens (including phenoxy) is 3. The van der Waals surface area contributed by atoms with Crippen LogP contribution in [0.4, 0.5) is 10.5 Å². The summed E-state index contributed by atoms with van der Waals surface area (Å²) in [6.07, 6.45) is -0.0184. The number of alkyl carbamates (subject to hydrolysis) is 1. The molecule has 5 N–H and O–H groups in total. The lowest BCUT2D eigenvalue weighted by atomic mass is 10.0. The van der Waals surface area contributed by atoms with Crippen molar-refractivity contribution < 1.29 is 38.3 Å². The molecule has 0 fully saturated rings. The molecule has 0 spiro atoms.